The first-order valence-electron chi connectivity index (χ1n) is 6.84. The lowest BCUT2D eigenvalue weighted by molar-refractivity contribution is 0.0925. The lowest BCUT2D eigenvalue weighted by Gasteiger charge is -2.09. The molecule has 6 heteroatoms. The van der Waals surface area contributed by atoms with E-state index in [1.807, 2.05) is 6.92 Å². The van der Waals surface area contributed by atoms with E-state index in [9.17, 15) is 4.79 Å². The number of ether oxygens (including phenoxy) is 1. The molecule has 20 heavy (non-hydrogen) atoms. The fourth-order valence-electron chi connectivity index (χ4n) is 1.67. The predicted octanol–water partition coefficient (Wildman–Crippen LogP) is 1.47. The van der Waals surface area contributed by atoms with Crippen LogP contribution in [0.1, 0.15) is 36.3 Å². The first-order chi connectivity index (χ1) is 9.52. The summed E-state index contributed by atoms with van der Waals surface area (Å²) in [6.45, 7) is 8.03. The molecule has 0 fully saturated rings. The molecule has 0 radical (unpaired) electrons. The van der Waals surface area contributed by atoms with Crippen molar-refractivity contribution in [2.24, 2.45) is 11.8 Å². The van der Waals surface area contributed by atoms with Crippen LogP contribution >= 0.6 is 0 Å². The molecule has 0 saturated carbocycles. The third-order valence-corrected chi connectivity index (χ3v) is 2.57. The van der Waals surface area contributed by atoms with Crippen molar-refractivity contribution in [2.75, 3.05) is 25.2 Å². The number of nitrogens with zero attached hydrogens (tertiary/aromatic N) is 1. The fraction of sp³-hybridized carbons (Fsp3) is 0.571. The van der Waals surface area contributed by atoms with Crippen LogP contribution in [0.5, 0.6) is 0 Å². The maximum Gasteiger partial charge on any atom is 0.251 e. The lowest BCUT2D eigenvalue weighted by atomic mass is 10.2. The topological polar surface area (TPSA) is 89.3 Å². The standard InChI is InChI=1S/C14H24N4O2/c1-10(2)9-20-6-4-5-16-14(19)12-7-11(3)17-13(8-12)18-15/h7-8,10H,4-6,9,15H2,1-3H3,(H,16,19)(H,17,18). The summed E-state index contributed by atoms with van der Waals surface area (Å²) in [5.41, 5.74) is 3.74. The zero-order valence-electron chi connectivity index (χ0n) is 12.4. The molecule has 1 heterocycles. The van der Waals surface area contributed by atoms with Gasteiger partial charge in [0.2, 0.25) is 0 Å². The van der Waals surface area contributed by atoms with E-state index in [0.717, 1.165) is 18.7 Å². The average molecular weight is 280 g/mol. The van der Waals surface area contributed by atoms with Gasteiger partial charge in [0.1, 0.15) is 5.82 Å². The normalized spacial score (nSPS) is 10.7. The minimum Gasteiger partial charge on any atom is -0.381 e. The minimum atomic E-state index is -0.129. The maximum atomic E-state index is 12.0. The van der Waals surface area contributed by atoms with E-state index in [-0.39, 0.29) is 5.91 Å². The number of nitrogens with one attached hydrogen (secondary N) is 2. The molecular weight excluding hydrogens is 256 g/mol. The highest BCUT2D eigenvalue weighted by molar-refractivity contribution is 5.94. The Morgan fingerprint density at radius 2 is 2.20 bits per heavy atom. The Morgan fingerprint density at radius 1 is 1.45 bits per heavy atom. The van der Waals surface area contributed by atoms with Gasteiger partial charge in [-0.05, 0) is 31.4 Å². The molecular formula is C14H24N4O2. The second kappa shape index (κ2) is 8.50. The van der Waals surface area contributed by atoms with E-state index in [1.54, 1.807) is 12.1 Å². The summed E-state index contributed by atoms with van der Waals surface area (Å²) in [5.74, 6) is 6.19. The van der Waals surface area contributed by atoms with Crippen molar-refractivity contribution in [3.05, 3.63) is 23.4 Å². The van der Waals surface area contributed by atoms with E-state index >= 15 is 0 Å². The van der Waals surface area contributed by atoms with Gasteiger partial charge in [0.25, 0.3) is 5.91 Å². The highest BCUT2D eigenvalue weighted by Gasteiger charge is 2.07. The first-order valence-corrected chi connectivity index (χ1v) is 6.84. The molecule has 0 bridgehead atoms. The number of hydrazine groups is 1. The SMILES string of the molecule is Cc1cc(C(=O)NCCCOCC(C)C)cc(NN)n1. The predicted molar refractivity (Wildman–Crippen MR) is 79.4 cm³/mol. The largest absolute Gasteiger partial charge is 0.381 e. The average Bonchev–Trinajstić information content (AvgIpc) is 2.41. The van der Waals surface area contributed by atoms with E-state index < -0.39 is 0 Å². The molecule has 6 nitrogen and oxygen atoms in total. The molecule has 1 rings (SSSR count). The van der Waals surface area contributed by atoms with Crippen molar-refractivity contribution in [3.8, 4) is 0 Å². The van der Waals surface area contributed by atoms with E-state index in [2.05, 4.69) is 29.6 Å². The molecule has 0 aromatic carbocycles. The van der Waals surface area contributed by atoms with Crippen molar-refractivity contribution >= 4 is 11.7 Å². The number of carbonyl (C=O) groups is 1. The monoisotopic (exact) mass is 280 g/mol. The van der Waals surface area contributed by atoms with Crippen LogP contribution in [0.4, 0.5) is 5.82 Å². The van der Waals surface area contributed by atoms with E-state index in [1.165, 1.54) is 0 Å². The van der Waals surface area contributed by atoms with Crippen LogP contribution in [0.25, 0.3) is 0 Å². The number of carbonyl (C=O) groups excluding carboxylic acids is 1. The number of hydrogen-bond acceptors (Lipinski definition) is 5. The molecule has 1 amide bonds. The van der Waals surface area contributed by atoms with Gasteiger partial charge in [0.05, 0.1) is 0 Å². The van der Waals surface area contributed by atoms with Gasteiger partial charge in [0.15, 0.2) is 0 Å². The summed E-state index contributed by atoms with van der Waals surface area (Å²) < 4.78 is 5.45. The van der Waals surface area contributed by atoms with Crippen LogP contribution < -0.4 is 16.6 Å². The van der Waals surface area contributed by atoms with Crippen LogP contribution in [0, 0.1) is 12.8 Å². The minimum absolute atomic E-state index is 0.129. The van der Waals surface area contributed by atoms with Crippen molar-refractivity contribution in [1.82, 2.24) is 10.3 Å². The number of anilines is 1. The van der Waals surface area contributed by atoms with Crippen LogP contribution in [0.3, 0.4) is 0 Å². The zero-order chi connectivity index (χ0) is 15.0. The Morgan fingerprint density at radius 3 is 2.85 bits per heavy atom. The summed E-state index contributed by atoms with van der Waals surface area (Å²) in [6, 6.07) is 3.35. The summed E-state index contributed by atoms with van der Waals surface area (Å²) >= 11 is 0. The molecule has 0 aliphatic heterocycles. The van der Waals surface area contributed by atoms with E-state index in [0.29, 0.717) is 30.5 Å². The summed E-state index contributed by atoms with van der Waals surface area (Å²) in [4.78, 5) is 16.1. The molecule has 4 N–H and O–H groups in total. The Labute approximate surface area is 120 Å². The summed E-state index contributed by atoms with van der Waals surface area (Å²) in [5, 5.41) is 2.85. The van der Waals surface area contributed by atoms with Crippen LogP contribution in [0.2, 0.25) is 0 Å². The third kappa shape index (κ3) is 5.99. The molecule has 1 aromatic heterocycles. The van der Waals surface area contributed by atoms with Crippen LogP contribution in [0.15, 0.2) is 12.1 Å². The Bertz CT molecular complexity index is 435. The highest BCUT2D eigenvalue weighted by atomic mass is 16.5. The molecule has 0 spiro atoms. The number of nitrogens with two attached hydrogens (primary N) is 1. The number of rotatable bonds is 8. The Hall–Kier alpha value is -1.66. The molecule has 0 atom stereocenters. The van der Waals surface area contributed by atoms with Crippen molar-refractivity contribution in [3.63, 3.8) is 0 Å². The van der Waals surface area contributed by atoms with Gasteiger partial charge >= 0.3 is 0 Å². The fourth-order valence-corrected chi connectivity index (χ4v) is 1.67. The zero-order valence-corrected chi connectivity index (χ0v) is 12.4. The number of aromatic nitrogens is 1. The molecule has 112 valence electrons. The van der Waals surface area contributed by atoms with Crippen molar-refractivity contribution < 1.29 is 9.53 Å². The van der Waals surface area contributed by atoms with E-state index in [4.69, 9.17) is 10.6 Å². The summed E-state index contributed by atoms with van der Waals surface area (Å²) in [7, 11) is 0. The number of hydrogen-bond donors (Lipinski definition) is 3. The van der Waals surface area contributed by atoms with Crippen LogP contribution in [-0.2, 0) is 4.74 Å². The lowest BCUT2D eigenvalue weighted by Crippen LogP contribution is -2.26. The number of nitrogen functional groups attached to an aromatic ring is 1. The van der Waals surface area contributed by atoms with Gasteiger partial charge < -0.3 is 15.5 Å². The number of pyridine rings is 1. The van der Waals surface area contributed by atoms with Gasteiger partial charge in [-0.15, -0.1) is 0 Å². The van der Waals surface area contributed by atoms with Gasteiger partial charge in [-0.25, -0.2) is 10.8 Å². The van der Waals surface area contributed by atoms with Crippen molar-refractivity contribution in [1.29, 1.82) is 0 Å². The first kappa shape index (κ1) is 16.4. The Balaban J connectivity index is 2.34. The smallest absolute Gasteiger partial charge is 0.251 e. The maximum absolute atomic E-state index is 12.0. The summed E-state index contributed by atoms with van der Waals surface area (Å²) in [6.07, 6.45) is 0.796. The molecule has 0 unspecified atom stereocenters. The van der Waals surface area contributed by atoms with Gasteiger partial charge in [0, 0.05) is 31.0 Å². The quantitative estimate of drug-likeness (QED) is 0.381. The molecule has 0 saturated heterocycles. The van der Waals surface area contributed by atoms with Crippen molar-refractivity contribution in [2.45, 2.75) is 27.2 Å². The second-order valence-corrected chi connectivity index (χ2v) is 5.10. The van der Waals surface area contributed by atoms with Gasteiger partial charge in [-0.2, -0.15) is 0 Å². The highest BCUT2D eigenvalue weighted by Crippen LogP contribution is 2.08. The molecule has 0 aliphatic rings. The number of aryl methyl sites for hydroxylation is 1. The molecule has 0 aliphatic carbocycles. The van der Waals surface area contributed by atoms with Gasteiger partial charge in [-0.1, -0.05) is 13.8 Å². The van der Waals surface area contributed by atoms with Gasteiger partial charge in [-0.3, -0.25) is 4.79 Å². The second-order valence-electron chi connectivity index (χ2n) is 5.10. The molecule has 1 aromatic rings. The third-order valence-electron chi connectivity index (χ3n) is 2.57. The van der Waals surface area contributed by atoms with Crippen LogP contribution in [-0.4, -0.2) is 30.6 Å². The Kier molecular flexibility index (Phi) is 6.97. The number of amides is 1.